The van der Waals surface area contributed by atoms with Crippen LogP contribution in [0.5, 0.6) is 0 Å². The fraction of sp³-hybridized carbons (Fsp3) is 0.600. The van der Waals surface area contributed by atoms with Gasteiger partial charge in [-0.15, -0.1) is 0 Å². The molecule has 0 saturated heterocycles. The van der Waals surface area contributed by atoms with Gasteiger partial charge in [0.25, 0.3) is 0 Å². The summed E-state index contributed by atoms with van der Waals surface area (Å²) in [6.45, 7) is 6.21. The highest BCUT2D eigenvalue weighted by atomic mass is 16.5. The van der Waals surface area contributed by atoms with Crippen molar-refractivity contribution in [1.82, 2.24) is 0 Å². The number of ether oxygens (including phenoxy) is 2. The molecule has 4 nitrogen and oxygen atoms in total. The van der Waals surface area contributed by atoms with Crippen molar-refractivity contribution in [1.29, 1.82) is 0 Å². The Bertz CT molecular complexity index is 218. The van der Waals surface area contributed by atoms with Gasteiger partial charge in [-0.25, -0.2) is 9.59 Å². The second kappa shape index (κ2) is 7.12. The molecule has 0 rings (SSSR count). The lowest BCUT2D eigenvalue weighted by molar-refractivity contribution is -0.140. The molecule has 0 heterocycles. The highest BCUT2D eigenvalue weighted by Gasteiger charge is 2.01. The van der Waals surface area contributed by atoms with Crippen molar-refractivity contribution in [2.75, 3.05) is 13.2 Å². The molecule has 0 aliphatic rings. The lowest BCUT2D eigenvalue weighted by atomic mass is 10.2. The van der Waals surface area contributed by atoms with Gasteiger partial charge in [-0.1, -0.05) is 13.8 Å². The number of hydrogen-bond donors (Lipinski definition) is 0. The lowest BCUT2D eigenvalue weighted by Crippen LogP contribution is -2.08. The molecule has 0 radical (unpaired) electrons. The van der Waals surface area contributed by atoms with Gasteiger partial charge in [0.05, 0.1) is 13.2 Å². The summed E-state index contributed by atoms with van der Waals surface area (Å²) in [6, 6.07) is 0. The zero-order chi connectivity index (χ0) is 11.0. The molecule has 0 atom stereocenters. The molecule has 14 heavy (non-hydrogen) atoms. The Balaban J connectivity index is 3.76. The summed E-state index contributed by atoms with van der Waals surface area (Å²) in [6.07, 6.45) is 2.13. The number of rotatable bonds is 5. The number of hydrogen-bond acceptors (Lipinski definition) is 4. The normalized spacial score (nSPS) is 10.6. The fourth-order valence-corrected chi connectivity index (χ4v) is 0.623. The molecule has 0 aliphatic carbocycles. The van der Waals surface area contributed by atoms with Gasteiger partial charge in [-0.3, -0.25) is 0 Å². The van der Waals surface area contributed by atoms with Gasteiger partial charge in [-0.05, 0) is 12.8 Å². The predicted octanol–water partition coefficient (Wildman–Crippen LogP) is 1.30. The van der Waals surface area contributed by atoms with E-state index in [-0.39, 0.29) is 5.92 Å². The minimum absolute atomic E-state index is 0.287. The minimum atomic E-state index is -0.533. The van der Waals surface area contributed by atoms with E-state index in [2.05, 4.69) is 4.74 Å². The largest absolute Gasteiger partial charge is 0.463 e. The molecule has 0 fully saturated rings. The number of carbonyl (C=O) groups excluding carboxylic acids is 2. The van der Waals surface area contributed by atoms with E-state index in [0.717, 1.165) is 12.2 Å². The minimum Gasteiger partial charge on any atom is -0.463 e. The van der Waals surface area contributed by atoms with Crippen LogP contribution in [0, 0.1) is 5.92 Å². The fourth-order valence-electron chi connectivity index (χ4n) is 0.623. The third-order valence-corrected chi connectivity index (χ3v) is 1.20. The Morgan fingerprint density at radius 1 is 1.14 bits per heavy atom. The smallest absolute Gasteiger partial charge is 0.331 e. The van der Waals surface area contributed by atoms with Crippen LogP contribution in [-0.2, 0) is 19.1 Å². The molecule has 80 valence electrons. The molecule has 0 N–H and O–H groups in total. The molecular weight excluding hydrogens is 184 g/mol. The third-order valence-electron chi connectivity index (χ3n) is 1.20. The zero-order valence-corrected chi connectivity index (χ0v) is 8.78. The monoisotopic (exact) mass is 200 g/mol. The summed E-state index contributed by atoms with van der Waals surface area (Å²) in [4.78, 5) is 21.7. The molecule has 0 spiro atoms. The molecule has 0 aliphatic heterocycles. The summed E-state index contributed by atoms with van der Waals surface area (Å²) >= 11 is 0. The van der Waals surface area contributed by atoms with Crippen LogP contribution in [0.4, 0.5) is 0 Å². The van der Waals surface area contributed by atoms with Crippen LogP contribution in [0.15, 0.2) is 12.2 Å². The lowest BCUT2D eigenvalue weighted by Gasteiger charge is -2.03. The third kappa shape index (κ3) is 7.34. The highest BCUT2D eigenvalue weighted by Crippen LogP contribution is 1.93. The van der Waals surface area contributed by atoms with Crippen molar-refractivity contribution in [3.05, 3.63) is 12.2 Å². The summed E-state index contributed by atoms with van der Waals surface area (Å²) in [5.74, 6) is -0.768. The summed E-state index contributed by atoms with van der Waals surface area (Å²) in [5.41, 5.74) is 0. The van der Waals surface area contributed by atoms with Crippen LogP contribution >= 0.6 is 0 Å². The Morgan fingerprint density at radius 2 is 1.64 bits per heavy atom. The van der Waals surface area contributed by atoms with E-state index in [1.54, 1.807) is 6.92 Å². The quantitative estimate of drug-likeness (QED) is 0.496. The van der Waals surface area contributed by atoms with Gasteiger partial charge < -0.3 is 9.47 Å². The van der Waals surface area contributed by atoms with E-state index in [0.29, 0.717) is 13.2 Å². The first-order valence-corrected chi connectivity index (χ1v) is 4.57. The molecule has 0 bridgehead atoms. The van der Waals surface area contributed by atoms with Crippen LogP contribution in [-0.4, -0.2) is 25.2 Å². The zero-order valence-electron chi connectivity index (χ0n) is 8.78. The van der Waals surface area contributed by atoms with Crippen molar-refractivity contribution >= 4 is 11.9 Å². The Hall–Kier alpha value is -1.32. The SMILES string of the molecule is CCOC(=O)C=CC(=O)OCC(C)C. The van der Waals surface area contributed by atoms with E-state index in [9.17, 15) is 9.59 Å². The van der Waals surface area contributed by atoms with Crippen molar-refractivity contribution in [2.24, 2.45) is 5.92 Å². The standard InChI is InChI=1S/C10H16O4/c1-4-13-9(11)5-6-10(12)14-7-8(2)3/h5-6,8H,4,7H2,1-3H3. The van der Waals surface area contributed by atoms with Crippen LogP contribution in [0.2, 0.25) is 0 Å². The highest BCUT2D eigenvalue weighted by molar-refractivity contribution is 5.91. The van der Waals surface area contributed by atoms with Crippen LogP contribution in [0.3, 0.4) is 0 Å². The topological polar surface area (TPSA) is 52.6 Å². The Kier molecular flexibility index (Phi) is 6.45. The molecule has 0 aromatic rings. The van der Waals surface area contributed by atoms with Crippen LogP contribution in [0.25, 0.3) is 0 Å². The molecular formula is C10H16O4. The molecule has 0 saturated carbocycles. The Labute approximate surface area is 83.9 Å². The van der Waals surface area contributed by atoms with Crippen molar-refractivity contribution in [2.45, 2.75) is 20.8 Å². The van der Waals surface area contributed by atoms with Crippen LogP contribution < -0.4 is 0 Å². The summed E-state index contributed by atoms with van der Waals surface area (Å²) < 4.78 is 9.38. The van der Waals surface area contributed by atoms with Crippen molar-refractivity contribution < 1.29 is 19.1 Å². The number of esters is 2. The maximum atomic E-state index is 10.9. The first-order chi connectivity index (χ1) is 6.56. The van der Waals surface area contributed by atoms with Crippen LogP contribution in [0.1, 0.15) is 20.8 Å². The molecule has 0 aromatic carbocycles. The maximum absolute atomic E-state index is 10.9. The van der Waals surface area contributed by atoms with Crippen molar-refractivity contribution in [3.8, 4) is 0 Å². The van der Waals surface area contributed by atoms with Gasteiger partial charge in [0, 0.05) is 12.2 Å². The second-order valence-corrected chi connectivity index (χ2v) is 3.11. The second-order valence-electron chi connectivity index (χ2n) is 3.11. The molecule has 0 unspecified atom stereocenters. The molecule has 0 aromatic heterocycles. The van der Waals surface area contributed by atoms with E-state index < -0.39 is 11.9 Å². The van der Waals surface area contributed by atoms with Gasteiger partial charge in [0.2, 0.25) is 0 Å². The summed E-state index contributed by atoms with van der Waals surface area (Å²) in [7, 11) is 0. The maximum Gasteiger partial charge on any atom is 0.331 e. The van der Waals surface area contributed by atoms with Gasteiger partial charge in [0.15, 0.2) is 0 Å². The first kappa shape index (κ1) is 12.7. The number of carbonyl (C=O) groups is 2. The average Bonchev–Trinajstić information content (AvgIpc) is 2.12. The average molecular weight is 200 g/mol. The molecule has 0 amide bonds. The van der Waals surface area contributed by atoms with E-state index in [1.165, 1.54) is 0 Å². The molecule has 4 heteroatoms. The predicted molar refractivity (Wildman–Crippen MR) is 51.6 cm³/mol. The summed E-state index contributed by atoms with van der Waals surface area (Å²) in [5, 5.41) is 0. The van der Waals surface area contributed by atoms with Crippen molar-refractivity contribution in [3.63, 3.8) is 0 Å². The van der Waals surface area contributed by atoms with Gasteiger partial charge >= 0.3 is 11.9 Å². The van der Waals surface area contributed by atoms with Gasteiger partial charge in [-0.2, -0.15) is 0 Å². The van der Waals surface area contributed by atoms with E-state index >= 15 is 0 Å². The first-order valence-electron chi connectivity index (χ1n) is 4.57. The van der Waals surface area contributed by atoms with Gasteiger partial charge in [0.1, 0.15) is 0 Å². The van der Waals surface area contributed by atoms with E-state index in [4.69, 9.17) is 4.74 Å². The van der Waals surface area contributed by atoms with E-state index in [1.807, 2.05) is 13.8 Å². The Morgan fingerprint density at radius 3 is 2.07 bits per heavy atom.